The first-order valence-corrected chi connectivity index (χ1v) is 4.10. The van der Waals surface area contributed by atoms with Crippen LogP contribution in [0.2, 0.25) is 0 Å². The minimum atomic E-state index is -0.707. The highest BCUT2D eigenvalue weighted by atomic mass is 16.6. The van der Waals surface area contributed by atoms with Gasteiger partial charge >= 0.3 is 5.97 Å². The van der Waals surface area contributed by atoms with Crippen molar-refractivity contribution in [3.05, 3.63) is 0 Å². The quantitative estimate of drug-likeness (QED) is 0.613. The van der Waals surface area contributed by atoms with Crippen molar-refractivity contribution in [2.45, 2.75) is 32.3 Å². The minimum Gasteiger partial charge on any atom is -0.481 e. The van der Waals surface area contributed by atoms with Crippen molar-refractivity contribution in [2.24, 2.45) is 5.92 Å². The summed E-state index contributed by atoms with van der Waals surface area (Å²) >= 11 is 0. The Morgan fingerprint density at radius 2 is 2.45 bits per heavy atom. The van der Waals surface area contributed by atoms with Gasteiger partial charge in [0.25, 0.3) is 0 Å². The Morgan fingerprint density at radius 3 is 2.82 bits per heavy atom. The molecule has 0 saturated carbocycles. The summed E-state index contributed by atoms with van der Waals surface area (Å²) in [6, 6.07) is 0. The molecule has 1 unspecified atom stereocenters. The number of aliphatic carboxylic acids is 1. The number of unbranched alkanes of at least 4 members (excludes halogenated alkanes) is 1. The Balaban J connectivity index is 2.26. The van der Waals surface area contributed by atoms with E-state index in [1.165, 1.54) is 0 Å². The first-order chi connectivity index (χ1) is 5.25. The molecule has 0 aromatic rings. The highest BCUT2D eigenvalue weighted by Gasteiger charge is 2.36. The van der Waals surface area contributed by atoms with Crippen molar-refractivity contribution in [3.8, 4) is 0 Å². The lowest BCUT2D eigenvalue weighted by Gasteiger charge is -2.06. The van der Waals surface area contributed by atoms with E-state index >= 15 is 0 Å². The van der Waals surface area contributed by atoms with Crippen LogP contribution in [0.4, 0.5) is 0 Å². The lowest BCUT2D eigenvalue weighted by atomic mass is 9.99. The van der Waals surface area contributed by atoms with Gasteiger partial charge in [0, 0.05) is 0 Å². The van der Waals surface area contributed by atoms with Crippen molar-refractivity contribution in [3.63, 3.8) is 0 Å². The second-order valence-electron chi connectivity index (χ2n) is 2.96. The van der Waals surface area contributed by atoms with Crippen LogP contribution in [-0.2, 0) is 9.53 Å². The van der Waals surface area contributed by atoms with E-state index in [0.717, 1.165) is 19.3 Å². The predicted octanol–water partition coefficient (Wildman–Crippen LogP) is 1.28. The fourth-order valence-electron chi connectivity index (χ4n) is 1.18. The van der Waals surface area contributed by atoms with Gasteiger partial charge in [-0.2, -0.15) is 0 Å². The van der Waals surface area contributed by atoms with Gasteiger partial charge in [0.2, 0.25) is 0 Å². The molecule has 0 aromatic heterocycles. The van der Waals surface area contributed by atoms with Crippen LogP contribution < -0.4 is 0 Å². The maximum Gasteiger partial charge on any atom is 0.309 e. The van der Waals surface area contributed by atoms with E-state index in [1.54, 1.807) is 0 Å². The zero-order valence-corrected chi connectivity index (χ0v) is 6.75. The number of carboxylic acids is 1. The molecule has 1 heterocycles. The van der Waals surface area contributed by atoms with Crippen LogP contribution in [0.1, 0.15) is 26.2 Å². The summed E-state index contributed by atoms with van der Waals surface area (Å²) in [6.45, 7) is 2.70. The molecule has 1 fully saturated rings. The monoisotopic (exact) mass is 158 g/mol. The molecular weight excluding hydrogens is 144 g/mol. The summed E-state index contributed by atoms with van der Waals surface area (Å²) in [6.07, 6.45) is 2.81. The Labute approximate surface area is 66.4 Å². The van der Waals surface area contributed by atoms with Gasteiger partial charge in [-0.05, 0) is 6.42 Å². The molecule has 64 valence electrons. The number of carboxylic acid groups (broad SMARTS) is 1. The zero-order valence-electron chi connectivity index (χ0n) is 6.75. The molecule has 0 bridgehead atoms. The Kier molecular flexibility index (Phi) is 2.88. The third kappa shape index (κ3) is 2.50. The standard InChI is InChI=1S/C8H14O3/c1-2-3-4-6(8(9)10)7-5-11-7/h6-7H,2-5H2,1H3,(H,9,10)/t6-,7?/m1/s1. The van der Waals surface area contributed by atoms with Crippen LogP contribution >= 0.6 is 0 Å². The van der Waals surface area contributed by atoms with E-state index in [4.69, 9.17) is 9.84 Å². The van der Waals surface area contributed by atoms with Gasteiger partial charge in [-0.25, -0.2) is 0 Å². The predicted molar refractivity (Wildman–Crippen MR) is 40.4 cm³/mol. The van der Waals surface area contributed by atoms with Gasteiger partial charge in [0.1, 0.15) is 0 Å². The smallest absolute Gasteiger partial charge is 0.309 e. The van der Waals surface area contributed by atoms with Gasteiger partial charge in [-0.1, -0.05) is 19.8 Å². The molecule has 1 saturated heterocycles. The molecule has 1 N–H and O–H groups in total. The number of carbonyl (C=O) groups is 1. The first kappa shape index (κ1) is 8.53. The number of rotatable bonds is 5. The molecular formula is C8H14O3. The van der Waals surface area contributed by atoms with Crippen LogP contribution in [0.25, 0.3) is 0 Å². The van der Waals surface area contributed by atoms with Crippen LogP contribution in [0.3, 0.4) is 0 Å². The fourth-order valence-corrected chi connectivity index (χ4v) is 1.18. The van der Waals surface area contributed by atoms with E-state index in [2.05, 4.69) is 6.92 Å². The third-order valence-electron chi connectivity index (χ3n) is 1.99. The summed E-state index contributed by atoms with van der Waals surface area (Å²) in [5.74, 6) is -0.962. The molecule has 3 heteroatoms. The summed E-state index contributed by atoms with van der Waals surface area (Å²) in [5, 5.41) is 8.73. The number of ether oxygens (including phenoxy) is 1. The van der Waals surface area contributed by atoms with Gasteiger partial charge in [-0.15, -0.1) is 0 Å². The molecule has 0 aromatic carbocycles. The molecule has 1 rings (SSSR count). The fraction of sp³-hybridized carbons (Fsp3) is 0.875. The Hall–Kier alpha value is -0.570. The van der Waals surface area contributed by atoms with E-state index in [-0.39, 0.29) is 12.0 Å². The van der Waals surface area contributed by atoms with E-state index in [1.807, 2.05) is 0 Å². The molecule has 0 amide bonds. The summed E-state index contributed by atoms with van der Waals surface area (Å²) in [5.41, 5.74) is 0. The summed E-state index contributed by atoms with van der Waals surface area (Å²) in [7, 11) is 0. The third-order valence-corrected chi connectivity index (χ3v) is 1.99. The van der Waals surface area contributed by atoms with Crippen LogP contribution in [0.5, 0.6) is 0 Å². The number of hydrogen-bond acceptors (Lipinski definition) is 2. The van der Waals surface area contributed by atoms with Crippen molar-refractivity contribution in [1.29, 1.82) is 0 Å². The first-order valence-electron chi connectivity index (χ1n) is 4.10. The Bertz CT molecular complexity index is 140. The molecule has 0 radical (unpaired) electrons. The maximum absolute atomic E-state index is 10.6. The van der Waals surface area contributed by atoms with E-state index in [0.29, 0.717) is 6.61 Å². The average molecular weight is 158 g/mol. The number of epoxide rings is 1. The van der Waals surface area contributed by atoms with E-state index < -0.39 is 5.97 Å². The van der Waals surface area contributed by atoms with Gasteiger partial charge in [-0.3, -0.25) is 4.79 Å². The molecule has 1 aliphatic heterocycles. The normalized spacial score (nSPS) is 24.6. The van der Waals surface area contributed by atoms with Crippen LogP contribution in [0, 0.1) is 5.92 Å². The van der Waals surface area contributed by atoms with Gasteiger partial charge in [0.15, 0.2) is 0 Å². The van der Waals surface area contributed by atoms with Crippen LogP contribution in [0.15, 0.2) is 0 Å². The zero-order chi connectivity index (χ0) is 8.27. The molecule has 11 heavy (non-hydrogen) atoms. The van der Waals surface area contributed by atoms with Crippen molar-refractivity contribution in [2.75, 3.05) is 6.61 Å². The highest BCUT2D eigenvalue weighted by molar-refractivity contribution is 5.71. The van der Waals surface area contributed by atoms with Gasteiger partial charge < -0.3 is 9.84 Å². The molecule has 2 atom stereocenters. The Morgan fingerprint density at radius 1 is 1.82 bits per heavy atom. The lowest BCUT2D eigenvalue weighted by molar-refractivity contribution is -0.142. The average Bonchev–Trinajstić information content (AvgIpc) is 2.71. The van der Waals surface area contributed by atoms with Crippen molar-refractivity contribution < 1.29 is 14.6 Å². The number of hydrogen-bond donors (Lipinski definition) is 1. The second kappa shape index (κ2) is 3.72. The molecule has 0 spiro atoms. The van der Waals surface area contributed by atoms with Crippen molar-refractivity contribution >= 4 is 5.97 Å². The van der Waals surface area contributed by atoms with Gasteiger partial charge in [0.05, 0.1) is 18.6 Å². The maximum atomic E-state index is 10.6. The highest BCUT2D eigenvalue weighted by Crippen LogP contribution is 2.24. The van der Waals surface area contributed by atoms with Crippen LogP contribution in [-0.4, -0.2) is 23.8 Å². The van der Waals surface area contributed by atoms with E-state index in [9.17, 15) is 4.79 Å². The molecule has 0 aliphatic carbocycles. The SMILES string of the molecule is CCCC[C@@H](C(=O)O)C1CO1. The molecule has 1 aliphatic rings. The largest absolute Gasteiger partial charge is 0.481 e. The molecule has 3 nitrogen and oxygen atoms in total. The topological polar surface area (TPSA) is 49.8 Å². The summed E-state index contributed by atoms with van der Waals surface area (Å²) in [4.78, 5) is 10.6. The second-order valence-corrected chi connectivity index (χ2v) is 2.96. The van der Waals surface area contributed by atoms with Crippen molar-refractivity contribution in [1.82, 2.24) is 0 Å². The minimum absolute atomic E-state index is 0.0130. The summed E-state index contributed by atoms with van der Waals surface area (Å²) < 4.78 is 4.95. The lowest BCUT2D eigenvalue weighted by Crippen LogP contribution is -2.19.